The Bertz CT molecular complexity index is 1850. The molecule has 1 atom stereocenters. The van der Waals surface area contributed by atoms with E-state index in [2.05, 4.69) is 20.9 Å². The standard InChI is InChI=1S/C34H26BrN3O3/c1-41-26-16-13-23(14-17-26)30-21-29(37-38(30)31(39)19-12-22-8-4-2-5-9-22)33-32(24-10-6-3-7-11-24)27-20-25(35)15-18-28(27)36-34(33)40/h2-20,30H,21H2,1H3,(H,36,40)/b19-12+/t30-/m0/s1. The highest BCUT2D eigenvalue weighted by molar-refractivity contribution is 9.10. The maximum absolute atomic E-state index is 13.7. The summed E-state index contributed by atoms with van der Waals surface area (Å²) in [6.07, 6.45) is 3.68. The zero-order valence-corrected chi connectivity index (χ0v) is 23.8. The van der Waals surface area contributed by atoms with Crippen molar-refractivity contribution in [1.82, 2.24) is 9.99 Å². The molecule has 6 rings (SSSR count). The van der Waals surface area contributed by atoms with E-state index in [4.69, 9.17) is 9.84 Å². The molecule has 1 aliphatic rings. The summed E-state index contributed by atoms with van der Waals surface area (Å²) in [6, 6.07) is 32.4. The molecule has 6 nitrogen and oxygen atoms in total. The van der Waals surface area contributed by atoms with Crippen LogP contribution in [0.4, 0.5) is 0 Å². The van der Waals surface area contributed by atoms with Gasteiger partial charge >= 0.3 is 0 Å². The average molecular weight is 605 g/mol. The summed E-state index contributed by atoms with van der Waals surface area (Å²) >= 11 is 3.59. The number of amides is 1. The molecule has 202 valence electrons. The number of halogens is 1. The van der Waals surface area contributed by atoms with Crippen LogP contribution in [0.5, 0.6) is 5.75 Å². The minimum atomic E-state index is -0.398. The molecule has 0 unspecified atom stereocenters. The van der Waals surface area contributed by atoms with E-state index in [9.17, 15) is 9.59 Å². The predicted octanol–water partition coefficient (Wildman–Crippen LogP) is 7.36. The van der Waals surface area contributed by atoms with Gasteiger partial charge in [0.15, 0.2) is 0 Å². The number of ether oxygens (including phenoxy) is 1. The number of nitrogens with zero attached hydrogens (tertiary/aromatic N) is 2. The van der Waals surface area contributed by atoms with Crippen molar-refractivity contribution in [3.63, 3.8) is 0 Å². The first-order valence-corrected chi connectivity index (χ1v) is 14.0. The van der Waals surface area contributed by atoms with Gasteiger partial charge in [0.25, 0.3) is 11.5 Å². The summed E-state index contributed by atoms with van der Waals surface area (Å²) in [4.78, 5) is 30.4. The number of rotatable bonds is 6. The third kappa shape index (κ3) is 5.36. The average Bonchev–Trinajstić information content (AvgIpc) is 3.45. The number of hydrogen-bond acceptors (Lipinski definition) is 4. The molecule has 1 aliphatic heterocycles. The lowest BCUT2D eigenvalue weighted by Gasteiger charge is -2.21. The van der Waals surface area contributed by atoms with E-state index in [1.807, 2.05) is 103 Å². The van der Waals surface area contributed by atoms with Gasteiger partial charge in [0.1, 0.15) is 5.75 Å². The van der Waals surface area contributed by atoms with E-state index < -0.39 is 6.04 Å². The first-order chi connectivity index (χ1) is 20.0. The Morgan fingerprint density at radius 3 is 2.37 bits per heavy atom. The fourth-order valence-corrected chi connectivity index (χ4v) is 5.56. The fourth-order valence-electron chi connectivity index (χ4n) is 5.20. The summed E-state index contributed by atoms with van der Waals surface area (Å²) in [5.74, 6) is 0.448. The van der Waals surface area contributed by atoms with Crippen LogP contribution in [-0.4, -0.2) is 28.7 Å². The number of methoxy groups -OCH3 is 1. The molecular weight excluding hydrogens is 578 g/mol. The van der Waals surface area contributed by atoms with Crippen LogP contribution in [0.1, 0.15) is 29.2 Å². The maximum atomic E-state index is 13.7. The summed E-state index contributed by atoms with van der Waals surface area (Å²) in [5.41, 5.74) is 4.98. The maximum Gasteiger partial charge on any atom is 0.267 e. The van der Waals surface area contributed by atoms with Gasteiger partial charge in [0, 0.05) is 33.4 Å². The minimum absolute atomic E-state index is 0.250. The van der Waals surface area contributed by atoms with Gasteiger partial charge < -0.3 is 9.72 Å². The molecule has 7 heteroatoms. The highest BCUT2D eigenvalue weighted by Gasteiger charge is 2.34. The van der Waals surface area contributed by atoms with Crippen molar-refractivity contribution < 1.29 is 9.53 Å². The van der Waals surface area contributed by atoms with E-state index >= 15 is 0 Å². The number of hydrazone groups is 1. The van der Waals surface area contributed by atoms with Crippen molar-refractivity contribution in [1.29, 1.82) is 0 Å². The van der Waals surface area contributed by atoms with Crippen LogP contribution in [0.15, 0.2) is 124 Å². The molecule has 1 N–H and O–H groups in total. The summed E-state index contributed by atoms with van der Waals surface area (Å²) in [6.45, 7) is 0. The van der Waals surface area contributed by atoms with E-state index in [0.29, 0.717) is 17.7 Å². The molecule has 1 aromatic heterocycles. The molecule has 0 radical (unpaired) electrons. The zero-order valence-electron chi connectivity index (χ0n) is 22.3. The van der Waals surface area contributed by atoms with Crippen molar-refractivity contribution in [3.05, 3.63) is 141 Å². The number of carbonyl (C=O) groups excluding carboxylic acids is 1. The summed E-state index contributed by atoms with van der Waals surface area (Å²) < 4.78 is 6.24. The molecule has 2 heterocycles. The first kappa shape index (κ1) is 26.5. The number of benzene rings is 4. The second kappa shape index (κ2) is 11.4. The van der Waals surface area contributed by atoms with Crippen molar-refractivity contribution in [2.45, 2.75) is 12.5 Å². The van der Waals surface area contributed by atoms with Crippen LogP contribution >= 0.6 is 15.9 Å². The lowest BCUT2D eigenvalue weighted by Crippen LogP contribution is -2.25. The number of carbonyl (C=O) groups is 1. The largest absolute Gasteiger partial charge is 0.497 e. The van der Waals surface area contributed by atoms with Crippen LogP contribution in [0.25, 0.3) is 28.1 Å². The van der Waals surface area contributed by atoms with Crippen LogP contribution in [0.3, 0.4) is 0 Å². The molecule has 1 amide bonds. The molecule has 4 aromatic carbocycles. The molecule has 0 bridgehead atoms. The number of nitrogens with one attached hydrogen (secondary N) is 1. The number of aromatic amines is 1. The first-order valence-electron chi connectivity index (χ1n) is 13.2. The lowest BCUT2D eigenvalue weighted by atomic mass is 9.91. The van der Waals surface area contributed by atoms with E-state index in [0.717, 1.165) is 43.4 Å². The van der Waals surface area contributed by atoms with Crippen molar-refractivity contribution >= 4 is 44.5 Å². The van der Waals surface area contributed by atoms with Crippen molar-refractivity contribution in [3.8, 4) is 16.9 Å². The lowest BCUT2D eigenvalue weighted by molar-refractivity contribution is -0.127. The minimum Gasteiger partial charge on any atom is -0.497 e. The normalized spacial score (nSPS) is 14.9. The topological polar surface area (TPSA) is 74.8 Å². The van der Waals surface area contributed by atoms with Crippen molar-refractivity contribution in [2.75, 3.05) is 7.11 Å². The van der Waals surface area contributed by atoms with Gasteiger partial charge in [0.05, 0.1) is 24.4 Å². The number of aromatic nitrogens is 1. The molecule has 0 aliphatic carbocycles. The van der Waals surface area contributed by atoms with Gasteiger partial charge in [-0.05, 0) is 53.1 Å². The van der Waals surface area contributed by atoms with Crippen LogP contribution < -0.4 is 10.3 Å². The Balaban J connectivity index is 1.50. The number of hydrogen-bond donors (Lipinski definition) is 1. The van der Waals surface area contributed by atoms with Gasteiger partial charge in [-0.2, -0.15) is 5.10 Å². The Hall–Kier alpha value is -4.75. The van der Waals surface area contributed by atoms with Crippen LogP contribution in [-0.2, 0) is 4.79 Å². The third-order valence-electron chi connectivity index (χ3n) is 7.18. The summed E-state index contributed by atoms with van der Waals surface area (Å²) in [7, 11) is 1.62. The van der Waals surface area contributed by atoms with Crippen LogP contribution in [0.2, 0.25) is 0 Å². The molecule has 5 aromatic rings. The monoisotopic (exact) mass is 603 g/mol. The molecule has 0 spiro atoms. The van der Waals surface area contributed by atoms with E-state index in [1.54, 1.807) is 13.2 Å². The van der Waals surface area contributed by atoms with Crippen molar-refractivity contribution in [2.24, 2.45) is 5.10 Å². The Labute approximate surface area is 245 Å². The highest BCUT2D eigenvalue weighted by Crippen LogP contribution is 2.38. The van der Waals surface area contributed by atoms with Gasteiger partial charge in [-0.1, -0.05) is 88.7 Å². The quantitative estimate of drug-likeness (QED) is 0.206. The second-order valence-corrected chi connectivity index (χ2v) is 10.6. The summed E-state index contributed by atoms with van der Waals surface area (Å²) in [5, 5.41) is 7.20. The van der Waals surface area contributed by atoms with Gasteiger partial charge in [-0.3, -0.25) is 9.59 Å². The highest BCUT2D eigenvalue weighted by atomic mass is 79.9. The number of fused-ring (bicyclic) bond motifs is 1. The predicted molar refractivity (Wildman–Crippen MR) is 167 cm³/mol. The third-order valence-corrected chi connectivity index (χ3v) is 7.68. The van der Waals surface area contributed by atoms with Gasteiger partial charge in [-0.25, -0.2) is 5.01 Å². The molecule has 0 fully saturated rings. The molecule has 0 saturated heterocycles. The van der Waals surface area contributed by atoms with Gasteiger partial charge in [-0.15, -0.1) is 0 Å². The van der Waals surface area contributed by atoms with E-state index in [1.165, 1.54) is 11.1 Å². The second-order valence-electron chi connectivity index (χ2n) is 9.73. The smallest absolute Gasteiger partial charge is 0.267 e. The fraction of sp³-hybridized carbons (Fsp3) is 0.0882. The number of H-pyrrole nitrogens is 1. The SMILES string of the molecule is COc1ccc([C@@H]2CC(c3c(-c4ccccc4)c4cc(Br)ccc4[nH]c3=O)=NN2C(=O)/C=C/c2ccccc2)cc1. The molecule has 0 saturated carbocycles. The van der Waals surface area contributed by atoms with Crippen LogP contribution in [0, 0.1) is 0 Å². The Kier molecular flexibility index (Phi) is 7.35. The zero-order chi connectivity index (χ0) is 28.3. The Morgan fingerprint density at radius 1 is 0.951 bits per heavy atom. The molecular formula is C34H26BrN3O3. The van der Waals surface area contributed by atoms with Gasteiger partial charge in [0.2, 0.25) is 0 Å². The Morgan fingerprint density at radius 2 is 1.66 bits per heavy atom. The molecule has 41 heavy (non-hydrogen) atoms. The number of pyridine rings is 1. The van der Waals surface area contributed by atoms with E-state index in [-0.39, 0.29) is 11.5 Å².